The number of nitrogens with one attached hydrogen (secondary N) is 1. The minimum atomic E-state index is -0.650. The highest BCUT2D eigenvalue weighted by Gasteiger charge is 2.17. The molecule has 0 spiro atoms. The molecule has 5 nitrogen and oxygen atoms in total. The van der Waals surface area contributed by atoms with Gasteiger partial charge < -0.3 is 15.2 Å². The smallest absolute Gasteiger partial charge is 0.234 e. The lowest BCUT2D eigenvalue weighted by Gasteiger charge is -2.24. The van der Waals surface area contributed by atoms with Crippen LogP contribution in [0.5, 0.6) is 5.75 Å². The van der Waals surface area contributed by atoms with Crippen molar-refractivity contribution in [3.63, 3.8) is 0 Å². The van der Waals surface area contributed by atoms with E-state index in [-0.39, 0.29) is 24.6 Å². The summed E-state index contributed by atoms with van der Waals surface area (Å²) in [6.07, 6.45) is -0.650. The van der Waals surface area contributed by atoms with Gasteiger partial charge in [-0.3, -0.25) is 9.69 Å². The fraction of sp³-hybridized carbons (Fsp3) is 0.611. The van der Waals surface area contributed by atoms with E-state index < -0.39 is 6.10 Å². The third-order valence-electron chi connectivity index (χ3n) is 3.09. The van der Waals surface area contributed by atoms with Crippen LogP contribution in [-0.4, -0.2) is 54.3 Å². The fourth-order valence-electron chi connectivity index (χ4n) is 2.39. The lowest BCUT2D eigenvalue weighted by molar-refractivity contribution is -0.123. The Morgan fingerprint density at radius 1 is 1.26 bits per heavy atom. The van der Waals surface area contributed by atoms with Gasteiger partial charge in [0.15, 0.2) is 0 Å². The van der Waals surface area contributed by atoms with Gasteiger partial charge in [0.2, 0.25) is 5.91 Å². The first-order valence-corrected chi connectivity index (χ1v) is 7.94. The van der Waals surface area contributed by atoms with Gasteiger partial charge in [0.1, 0.15) is 18.5 Å². The van der Waals surface area contributed by atoms with E-state index in [1.54, 1.807) is 4.90 Å². The number of carbonyl (C=O) groups is 1. The Balaban J connectivity index is 2.38. The van der Waals surface area contributed by atoms with Crippen LogP contribution in [0.25, 0.3) is 0 Å². The van der Waals surface area contributed by atoms with Gasteiger partial charge in [-0.25, -0.2) is 0 Å². The number of aliphatic hydroxyl groups is 1. The minimum Gasteiger partial charge on any atom is -0.491 e. The average molecular weight is 322 g/mol. The van der Waals surface area contributed by atoms with Gasteiger partial charge >= 0.3 is 0 Å². The summed E-state index contributed by atoms with van der Waals surface area (Å²) in [4.78, 5) is 13.6. The molecule has 0 saturated carbocycles. The number of amides is 1. The molecule has 1 atom stereocenters. The number of carbonyl (C=O) groups excluding carboxylic acids is 1. The van der Waals surface area contributed by atoms with Gasteiger partial charge in [-0.1, -0.05) is 6.07 Å². The average Bonchev–Trinajstić information content (AvgIpc) is 2.32. The molecule has 0 heterocycles. The number of hydrogen-bond donors (Lipinski definition) is 2. The molecule has 0 aliphatic rings. The number of ether oxygens (including phenoxy) is 1. The van der Waals surface area contributed by atoms with Gasteiger partial charge in [0, 0.05) is 12.1 Å². The molecule has 0 fully saturated rings. The first-order chi connectivity index (χ1) is 10.5. The molecule has 0 aromatic heterocycles. The molecular formula is C18H30N2O3. The molecule has 0 saturated heterocycles. The number of aryl methyl sites for hydroxylation is 2. The summed E-state index contributed by atoms with van der Waals surface area (Å²) < 4.78 is 5.64. The maximum Gasteiger partial charge on any atom is 0.234 e. The van der Waals surface area contributed by atoms with E-state index >= 15 is 0 Å². The van der Waals surface area contributed by atoms with Gasteiger partial charge in [-0.2, -0.15) is 0 Å². The highest BCUT2D eigenvalue weighted by Crippen LogP contribution is 2.16. The van der Waals surface area contributed by atoms with Crippen molar-refractivity contribution in [3.05, 3.63) is 29.3 Å². The number of rotatable bonds is 7. The Labute approximate surface area is 139 Å². The monoisotopic (exact) mass is 322 g/mol. The Hall–Kier alpha value is -1.59. The molecule has 0 aliphatic heterocycles. The standard InChI is InChI=1S/C18H30N2O3/c1-13-7-14(2)9-16(8-13)23-12-15(21)10-20(6)11-17(22)19-18(3,4)5/h7-9,15,21H,10-12H2,1-6H3,(H,19,22). The number of likely N-dealkylation sites (N-methyl/N-ethyl adjacent to an activating group) is 1. The lowest BCUT2D eigenvalue weighted by atomic mass is 10.1. The van der Waals surface area contributed by atoms with E-state index in [0.717, 1.165) is 16.9 Å². The fourth-order valence-corrected chi connectivity index (χ4v) is 2.39. The molecule has 0 radical (unpaired) electrons. The molecule has 1 amide bonds. The molecule has 130 valence electrons. The van der Waals surface area contributed by atoms with E-state index in [4.69, 9.17) is 4.74 Å². The first-order valence-electron chi connectivity index (χ1n) is 7.94. The Morgan fingerprint density at radius 2 is 1.83 bits per heavy atom. The van der Waals surface area contributed by atoms with Crippen LogP contribution in [0.4, 0.5) is 0 Å². The summed E-state index contributed by atoms with van der Waals surface area (Å²) in [7, 11) is 1.81. The summed E-state index contributed by atoms with van der Waals surface area (Å²) in [5, 5.41) is 13.0. The van der Waals surface area contributed by atoms with Crippen molar-refractivity contribution in [1.82, 2.24) is 10.2 Å². The second-order valence-corrected chi connectivity index (χ2v) is 7.28. The summed E-state index contributed by atoms with van der Waals surface area (Å²) >= 11 is 0. The first kappa shape index (κ1) is 19.5. The van der Waals surface area contributed by atoms with Crippen LogP contribution in [0.15, 0.2) is 18.2 Å². The molecule has 0 bridgehead atoms. The van der Waals surface area contributed by atoms with E-state index in [0.29, 0.717) is 6.54 Å². The summed E-state index contributed by atoms with van der Waals surface area (Å²) in [6.45, 7) is 10.7. The molecule has 1 aromatic rings. The van der Waals surface area contributed by atoms with Crippen molar-refractivity contribution in [2.75, 3.05) is 26.7 Å². The van der Waals surface area contributed by atoms with Crippen LogP contribution in [0.1, 0.15) is 31.9 Å². The van der Waals surface area contributed by atoms with Crippen molar-refractivity contribution in [2.45, 2.75) is 46.3 Å². The molecule has 0 aliphatic carbocycles. The maximum atomic E-state index is 11.8. The van der Waals surface area contributed by atoms with E-state index in [9.17, 15) is 9.90 Å². The zero-order chi connectivity index (χ0) is 17.6. The Bertz CT molecular complexity index is 503. The van der Waals surface area contributed by atoms with Crippen LogP contribution >= 0.6 is 0 Å². The van der Waals surface area contributed by atoms with Crippen LogP contribution in [0, 0.1) is 13.8 Å². The molecule has 2 N–H and O–H groups in total. The predicted molar refractivity (Wildman–Crippen MR) is 92.8 cm³/mol. The van der Waals surface area contributed by atoms with Crippen molar-refractivity contribution in [2.24, 2.45) is 0 Å². The van der Waals surface area contributed by atoms with E-state index in [2.05, 4.69) is 11.4 Å². The number of hydrogen-bond acceptors (Lipinski definition) is 4. The predicted octanol–water partition coefficient (Wildman–Crippen LogP) is 1.89. The van der Waals surface area contributed by atoms with Crippen molar-refractivity contribution >= 4 is 5.91 Å². The van der Waals surface area contributed by atoms with Gasteiger partial charge in [0.25, 0.3) is 0 Å². The number of nitrogens with zero attached hydrogens (tertiary/aromatic N) is 1. The van der Waals surface area contributed by atoms with Crippen LogP contribution < -0.4 is 10.1 Å². The zero-order valence-electron chi connectivity index (χ0n) is 15.1. The van der Waals surface area contributed by atoms with Crippen molar-refractivity contribution in [1.29, 1.82) is 0 Å². The molecule has 1 unspecified atom stereocenters. The van der Waals surface area contributed by atoms with Gasteiger partial charge in [0.05, 0.1) is 6.54 Å². The second kappa shape index (κ2) is 8.31. The topological polar surface area (TPSA) is 61.8 Å². The SMILES string of the molecule is Cc1cc(C)cc(OCC(O)CN(C)CC(=O)NC(C)(C)C)c1. The minimum absolute atomic E-state index is 0.0533. The maximum absolute atomic E-state index is 11.8. The third-order valence-corrected chi connectivity index (χ3v) is 3.09. The normalized spacial score (nSPS) is 13.0. The molecule has 5 heteroatoms. The quantitative estimate of drug-likeness (QED) is 0.805. The summed E-state index contributed by atoms with van der Waals surface area (Å²) in [5.41, 5.74) is 2.01. The van der Waals surface area contributed by atoms with Gasteiger partial charge in [-0.15, -0.1) is 0 Å². The second-order valence-electron chi connectivity index (χ2n) is 7.28. The van der Waals surface area contributed by atoms with E-state index in [1.165, 1.54) is 0 Å². The molecule has 1 aromatic carbocycles. The molecule has 23 heavy (non-hydrogen) atoms. The number of aliphatic hydroxyl groups excluding tert-OH is 1. The van der Waals surface area contributed by atoms with Gasteiger partial charge in [-0.05, 0) is 64.9 Å². The Morgan fingerprint density at radius 3 is 2.35 bits per heavy atom. The lowest BCUT2D eigenvalue weighted by Crippen LogP contribution is -2.46. The van der Waals surface area contributed by atoms with Crippen molar-refractivity contribution < 1.29 is 14.6 Å². The highest BCUT2D eigenvalue weighted by molar-refractivity contribution is 5.78. The summed E-state index contributed by atoms with van der Waals surface area (Å²) in [5.74, 6) is 0.706. The Kier molecular flexibility index (Phi) is 7.03. The van der Waals surface area contributed by atoms with Crippen LogP contribution in [-0.2, 0) is 4.79 Å². The van der Waals surface area contributed by atoms with E-state index in [1.807, 2.05) is 53.8 Å². The van der Waals surface area contributed by atoms with Crippen molar-refractivity contribution in [3.8, 4) is 5.75 Å². The largest absolute Gasteiger partial charge is 0.491 e. The van der Waals surface area contributed by atoms with Crippen LogP contribution in [0.2, 0.25) is 0 Å². The number of benzene rings is 1. The molecular weight excluding hydrogens is 292 g/mol. The molecule has 1 rings (SSSR count). The summed E-state index contributed by atoms with van der Waals surface area (Å²) in [6, 6.07) is 5.96. The third kappa shape index (κ3) is 8.57. The zero-order valence-corrected chi connectivity index (χ0v) is 15.1. The van der Waals surface area contributed by atoms with Crippen LogP contribution in [0.3, 0.4) is 0 Å². The highest BCUT2D eigenvalue weighted by atomic mass is 16.5.